The zero-order chi connectivity index (χ0) is 7.40. The molecule has 0 aromatic heterocycles. The molecule has 0 unspecified atom stereocenters. The molecule has 1 N–H and O–H groups in total. The Balaban J connectivity index is 2.13. The van der Waals surface area contributed by atoms with Crippen molar-refractivity contribution >= 4 is 5.84 Å². The molecule has 0 spiro atoms. The summed E-state index contributed by atoms with van der Waals surface area (Å²) in [6, 6.07) is 0. The molecule has 0 fully saturated rings. The van der Waals surface area contributed by atoms with E-state index in [0.29, 0.717) is 18.8 Å². The van der Waals surface area contributed by atoms with E-state index in [1.54, 1.807) is 0 Å². The van der Waals surface area contributed by atoms with Crippen molar-refractivity contribution in [3.8, 4) is 0 Å². The van der Waals surface area contributed by atoms with Gasteiger partial charge in [0.1, 0.15) is 5.84 Å². The van der Waals surface area contributed by atoms with Crippen molar-refractivity contribution in [1.82, 2.24) is 5.48 Å². The van der Waals surface area contributed by atoms with Crippen LogP contribution in [0.2, 0.25) is 0 Å². The molecule has 0 atom stereocenters. The van der Waals surface area contributed by atoms with Crippen LogP contribution in [0, 0.1) is 0 Å². The number of halogens is 2. The van der Waals surface area contributed by atoms with Gasteiger partial charge < -0.3 is 0 Å². The highest BCUT2D eigenvalue weighted by molar-refractivity contribution is 5.82. The lowest BCUT2D eigenvalue weighted by Crippen LogP contribution is -2.24. The third kappa shape index (κ3) is 2.26. The second-order valence-corrected chi connectivity index (χ2v) is 1.91. The molecule has 1 heterocycles. The van der Waals surface area contributed by atoms with Crippen LogP contribution in [0.15, 0.2) is 4.99 Å². The van der Waals surface area contributed by atoms with Gasteiger partial charge in [0, 0.05) is 13.0 Å². The summed E-state index contributed by atoms with van der Waals surface area (Å²) in [5.74, 6) is 0.514. The van der Waals surface area contributed by atoms with Crippen molar-refractivity contribution in [3.05, 3.63) is 0 Å². The standard InChI is InChI=1S/C5H8F2N2O/c6-5(7)10-9-4-2-1-3-8-4/h5H,1-3H2,(H,8,9). The van der Waals surface area contributed by atoms with Crippen LogP contribution in [-0.4, -0.2) is 19.0 Å². The van der Waals surface area contributed by atoms with Crippen LogP contribution < -0.4 is 5.48 Å². The van der Waals surface area contributed by atoms with Gasteiger partial charge in [0.15, 0.2) is 0 Å². The first-order chi connectivity index (χ1) is 4.79. The molecule has 0 aromatic rings. The van der Waals surface area contributed by atoms with E-state index in [-0.39, 0.29) is 0 Å². The largest absolute Gasteiger partial charge is 0.364 e. The van der Waals surface area contributed by atoms with Gasteiger partial charge in [-0.2, -0.15) is 8.78 Å². The van der Waals surface area contributed by atoms with Crippen LogP contribution in [0.25, 0.3) is 0 Å². The summed E-state index contributed by atoms with van der Waals surface area (Å²) in [4.78, 5) is 7.67. The average Bonchev–Trinajstić information content (AvgIpc) is 2.34. The summed E-state index contributed by atoms with van der Waals surface area (Å²) >= 11 is 0. The predicted molar refractivity (Wildman–Crippen MR) is 31.8 cm³/mol. The molecule has 1 aliphatic rings. The summed E-state index contributed by atoms with van der Waals surface area (Å²) in [5.41, 5.74) is 2.08. The van der Waals surface area contributed by atoms with Crippen molar-refractivity contribution in [3.63, 3.8) is 0 Å². The average molecular weight is 150 g/mol. The second kappa shape index (κ2) is 3.46. The number of hydrogen-bond acceptors (Lipinski definition) is 3. The fraction of sp³-hybridized carbons (Fsp3) is 0.800. The maximum atomic E-state index is 11.3. The van der Waals surface area contributed by atoms with Crippen molar-refractivity contribution in [2.24, 2.45) is 4.99 Å². The lowest BCUT2D eigenvalue weighted by atomic mass is 10.3. The fourth-order valence-corrected chi connectivity index (χ4v) is 0.735. The number of aliphatic imine (C=N–C) groups is 1. The highest BCUT2D eigenvalue weighted by Crippen LogP contribution is 2.01. The van der Waals surface area contributed by atoms with E-state index in [2.05, 4.69) is 15.3 Å². The molecule has 1 rings (SSSR count). The van der Waals surface area contributed by atoms with Gasteiger partial charge in [0.05, 0.1) is 0 Å². The Labute approximate surface area is 57.0 Å². The van der Waals surface area contributed by atoms with Gasteiger partial charge in [-0.15, -0.1) is 0 Å². The number of rotatable bonds is 2. The minimum Gasteiger partial charge on any atom is -0.271 e. The van der Waals surface area contributed by atoms with Gasteiger partial charge in [-0.05, 0) is 6.42 Å². The Morgan fingerprint density at radius 3 is 2.90 bits per heavy atom. The van der Waals surface area contributed by atoms with Gasteiger partial charge >= 0.3 is 6.61 Å². The van der Waals surface area contributed by atoms with Gasteiger partial charge in [-0.1, -0.05) is 0 Å². The molecule has 1 aliphatic heterocycles. The van der Waals surface area contributed by atoms with Crippen LogP contribution in [0.1, 0.15) is 12.8 Å². The Morgan fingerprint density at radius 2 is 2.40 bits per heavy atom. The topological polar surface area (TPSA) is 33.6 Å². The van der Waals surface area contributed by atoms with Crippen LogP contribution >= 0.6 is 0 Å². The second-order valence-electron chi connectivity index (χ2n) is 1.91. The number of nitrogens with one attached hydrogen (secondary N) is 1. The highest BCUT2D eigenvalue weighted by atomic mass is 19.3. The first kappa shape index (κ1) is 7.40. The molecular weight excluding hydrogens is 142 g/mol. The maximum Gasteiger partial charge on any atom is 0.364 e. The molecule has 0 aromatic carbocycles. The molecule has 0 bridgehead atoms. The molecule has 58 valence electrons. The smallest absolute Gasteiger partial charge is 0.271 e. The van der Waals surface area contributed by atoms with E-state index in [4.69, 9.17) is 0 Å². The van der Waals surface area contributed by atoms with Crippen LogP contribution in [0.5, 0.6) is 0 Å². The monoisotopic (exact) mass is 150 g/mol. The molecule has 0 aliphatic carbocycles. The van der Waals surface area contributed by atoms with E-state index in [1.807, 2.05) is 0 Å². The lowest BCUT2D eigenvalue weighted by Gasteiger charge is -2.02. The summed E-state index contributed by atoms with van der Waals surface area (Å²) in [6.45, 7) is -2.07. The molecule has 0 radical (unpaired) electrons. The van der Waals surface area contributed by atoms with Crippen molar-refractivity contribution < 1.29 is 13.6 Å². The van der Waals surface area contributed by atoms with Crippen molar-refractivity contribution in [2.45, 2.75) is 19.5 Å². The number of nitrogens with zero attached hydrogens (tertiary/aromatic N) is 1. The Kier molecular flexibility index (Phi) is 2.56. The van der Waals surface area contributed by atoms with Gasteiger partial charge in [0.2, 0.25) is 0 Å². The zero-order valence-electron chi connectivity index (χ0n) is 5.31. The fourth-order valence-electron chi connectivity index (χ4n) is 0.735. The van der Waals surface area contributed by atoms with E-state index in [9.17, 15) is 8.78 Å². The summed E-state index contributed by atoms with van der Waals surface area (Å²) in [6.07, 6.45) is 1.61. The molecule has 0 amide bonds. The number of amidine groups is 1. The Bertz CT molecular complexity index is 138. The first-order valence-electron chi connectivity index (χ1n) is 3.02. The van der Waals surface area contributed by atoms with E-state index >= 15 is 0 Å². The van der Waals surface area contributed by atoms with Crippen LogP contribution in [0.3, 0.4) is 0 Å². The molecule has 3 nitrogen and oxygen atoms in total. The van der Waals surface area contributed by atoms with Crippen molar-refractivity contribution in [2.75, 3.05) is 6.54 Å². The Hall–Kier alpha value is -0.710. The number of hydroxylamine groups is 1. The molecule has 0 saturated carbocycles. The van der Waals surface area contributed by atoms with Gasteiger partial charge in [0.25, 0.3) is 0 Å². The molecular formula is C5H8F2N2O. The van der Waals surface area contributed by atoms with E-state index < -0.39 is 6.61 Å². The summed E-state index contributed by atoms with van der Waals surface area (Å²) in [7, 11) is 0. The predicted octanol–water partition coefficient (Wildman–Crippen LogP) is 0.922. The summed E-state index contributed by atoms with van der Waals surface area (Å²) < 4.78 is 22.7. The highest BCUT2D eigenvalue weighted by Gasteiger charge is 2.08. The SMILES string of the molecule is FC(F)ONC1=NCCC1. The quantitative estimate of drug-likeness (QED) is 0.594. The minimum absolute atomic E-state index is 0.514. The third-order valence-corrected chi connectivity index (χ3v) is 1.14. The van der Waals surface area contributed by atoms with Gasteiger partial charge in [-0.3, -0.25) is 4.99 Å². The van der Waals surface area contributed by atoms with Gasteiger partial charge in [-0.25, -0.2) is 10.3 Å². The van der Waals surface area contributed by atoms with Crippen LogP contribution in [-0.2, 0) is 4.84 Å². The lowest BCUT2D eigenvalue weighted by molar-refractivity contribution is -0.155. The van der Waals surface area contributed by atoms with Crippen molar-refractivity contribution in [1.29, 1.82) is 0 Å². The first-order valence-corrected chi connectivity index (χ1v) is 3.02. The molecule has 10 heavy (non-hydrogen) atoms. The Morgan fingerprint density at radius 1 is 1.60 bits per heavy atom. The molecule has 5 heteroatoms. The molecule has 0 saturated heterocycles. The number of alkyl halides is 2. The normalized spacial score (nSPS) is 17.7. The zero-order valence-corrected chi connectivity index (χ0v) is 5.31. The number of hydrogen-bond donors (Lipinski definition) is 1. The van der Waals surface area contributed by atoms with Crippen LogP contribution in [0.4, 0.5) is 8.78 Å². The summed E-state index contributed by atoms with van der Waals surface area (Å²) in [5, 5.41) is 0. The van der Waals surface area contributed by atoms with E-state index in [1.165, 1.54) is 0 Å². The maximum absolute atomic E-state index is 11.3. The minimum atomic E-state index is -2.77. The third-order valence-electron chi connectivity index (χ3n) is 1.14. The van der Waals surface area contributed by atoms with E-state index in [0.717, 1.165) is 6.42 Å².